The zero-order valence-corrected chi connectivity index (χ0v) is 51.1. The largest absolute Gasteiger partial charge is 0.466 e. The molecule has 0 aliphatic heterocycles. The van der Waals surface area contributed by atoms with Gasteiger partial charge in [-0.15, -0.1) is 0 Å². The maximum Gasteiger partial charge on any atom is 0.305 e. The molecule has 0 saturated heterocycles. The predicted molar refractivity (Wildman–Crippen MR) is 329 cm³/mol. The van der Waals surface area contributed by atoms with E-state index in [2.05, 4.69) is 19.2 Å². The minimum absolute atomic E-state index is 0.0215. The fraction of sp³-hybridized carbons (Fsp3) is 0.942. The highest BCUT2D eigenvalue weighted by Gasteiger charge is 2.18. The van der Waals surface area contributed by atoms with Crippen LogP contribution < -0.4 is 5.32 Å². The summed E-state index contributed by atoms with van der Waals surface area (Å²) in [6.07, 6.45) is 80.0. The molecule has 0 radical (unpaired) electrons. The van der Waals surface area contributed by atoms with Crippen molar-refractivity contribution >= 4 is 11.9 Å². The van der Waals surface area contributed by atoms with Crippen molar-refractivity contribution in [2.24, 2.45) is 0 Å². The first-order valence-electron chi connectivity index (χ1n) is 34.5. The van der Waals surface area contributed by atoms with Gasteiger partial charge in [-0.25, -0.2) is 0 Å². The van der Waals surface area contributed by atoms with Crippen molar-refractivity contribution in [1.29, 1.82) is 0 Å². The number of carbonyl (C=O) groups is 2. The molecule has 2 atom stereocenters. The number of unbranched alkanes of at least 4 members (excludes halogenated alkanes) is 54. The van der Waals surface area contributed by atoms with Gasteiger partial charge < -0.3 is 20.3 Å². The van der Waals surface area contributed by atoms with E-state index in [1.807, 2.05) is 6.08 Å². The Morgan fingerprint density at radius 1 is 0.360 bits per heavy atom. The summed E-state index contributed by atoms with van der Waals surface area (Å²) < 4.78 is 5.49. The molecule has 6 heteroatoms. The Hall–Kier alpha value is -1.40. The van der Waals surface area contributed by atoms with Crippen molar-refractivity contribution in [3.8, 4) is 0 Å². The summed E-state index contributed by atoms with van der Waals surface area (Å²) in [4.78, 5) is 24.5. The standard InChI is InChI=1S/C69H135NO5/c1-3-5-7-9-11-13-15-17-18-34-38-41-45-49-53-57-61-67(72)66(65-71)70-68(73)62-58-54-50-46-42-39-35-32-30-28-26-24-22-20-19-21-23-25-27-29-31-33-36-40-44-48-52-56-60-64-75-69(74)63-59-55-51-47-43-37-16-14-12-10-8-6-4-2/h57,61,66-67,71-72H,3-56,58-60,62-65H2,1-2H3,(H,70,73)/b61-57+. The predicted octanol–water partition coefficient (Wildman–Crippen LogP) is 22.0. The summed E-state index contributed by atoms with van der Waals surface area (Å²) in [5.74, 6) is -0.0398. The van der Waals surface area contributed by atoms with Crippen molar-refractivity contribution in [3.63, 3.8) is 0 Å². The first-order valence-corrected chi connectivity index (χ1v) is 34.5. The van der Waals surface area contributed by atoms with Gasteiger partial charge in [0.15, 0.2) is 0 Å². The summed E-state index contributed by atoms with van der Waals surface area (Å²) in [7, 11) is 0. The monoisotopic (exact) mass is 1060 g/mol. The summed E-state index contributed by atoms with van der Waals surface area (Å²) in [5.41, 5.74) is 0. The van der Waals surface area contributed by atoms with E-state index in [1.165, 1.54) is 327 Å². The third kappa shape index (κ3) is 61.7. The Morgan fingerprint density at radius 3 is 0.907 bits per heavy atom. The molecule has 0 aromatic carbocycles. The quantitative estimate of drug-likeness (QED) is 0.0320. The molecule has 0 saturated carbocycles. The Kier molecular flexibility index (Phi) is 63.9. The number of hydrogen-bond donors (Lipinski definition) is 3. The molecule has 0 rings (SSSR count). The number of amides is 1. The molecule has 446 valence electrons. The molecular formula is C69H135NO5. The van der Waals surface area contributed by atoms with E-state index < -0.39 is 12.1 Å². The Balaban J connectivity index is 3.34. The average molecular weight is 1060 g/mol. The van der Waals surface area contributed by atoms with Gasteiger partial charge in [0, 0.05) is 12.8 Å². The van der Waals surface area contributed by atoms with Crippen molar-refractivity contribution in [3.05, 3.63) is 12.2 Å². The molecule has 0 aromatic rings. The van der Waals surface area contributed by atoms with Crippen LogP contribution in [0.1, 0.15) is 393 Å². The fourth-order valence-corrected chi connectivity index (χ4v) is 11.1. The van der Waals surface area contributed by atoms with Crippen molar-refractivity contribution in [1.82, 2.24) is 5.32 Å². The van der Waals surface area contributed by atoms with Gasteiger partial charge in [-0.2, -0.15) is 0 Å². The highest BCUT2D eigenvalue weighted by atomic mass is 16.5. The van der Waals surface area contributed by atoms with E-state index in [0.29, 0.717) is 19.4 Å². The molecule has 2 unspecified atom stereocenters. The molecule has 0 spiro atoms. The van der Waals surface area contributed by atoms with Crippen molar-refractivity contribution in [2.75, 3.05) is 13.2 Å². The van der Waals surface area contributed by atoms with Crippen LogP contribution in [0.15, 0.2) is 12.2 Å². The molecule has 75 heavy (non-hydrogen) atoms. The number of nitrogens with one attached hydrogen (secondary N) is 1. The minimum Gasteiger partial charge on any atom is -0.466 e. The first-order chi connectivity index (χ1) is 37.0. The van der Waals surface area contributed by atoms with Gasteiger partial charge in [0.2, 0.25) is 5.91 Å². The highest BCUT2D eigenvalue weighted by Crippen LogP contribution is 2.19. The lowest BCUT2D eigenvalue weighted by Gasteiger charge is -2.20. The number of rotatable bonds is 65. The second-order valence-electron chi connectivity index (χ2n) is 23.9. The summed E-state index contributed by atoms with van der Waals surface area (Å²) in [6, 6.07) is -0.624. The number of aliphatic hydroxyl groups is 2. The summed E-state index contributed by atoms with van der Waals surface area (Å²) >= 11 is 0. The van der Waals surface area contributed by atoms with Crippen LogP contribution in [0, 0.1) is 0 Å². The number of hydrogen-bond acceptors (Lipinski definition) is 5. The third-order valence-electron chi connectivity index (χ3n) is 16.3. The summed E-state index contributed by atoms with van der Waals surface area (Å²) in [6.45, 7) is 4.94. The number of ether oxygens (including phenoxy) is 1. The van der Waals surface area contributed by atoms with E-state index in [-0.39, 0.29) is 18.5 Å². The maximum atomic E-state index is 12.5. The normalized spacial score (nSPS) is 12.5. The number of esters is 1. The van der Waals surface area contributed by atoms with Crippen molar-refractivity contribution < 1.29 is 24.5 Å². The van der Waals surface area contributed by atoms with Gasteiger partial charge in [-0.3, -0.25) is 9.59 Å². The van der Waals surface area contributed by atoms with Crippen LogP contribution in [-0.4, -0.2) is 47.4 Å². The molecule has 0 fully saturated rings. The first kappa shape index (κ1) is 73.6. The second-order valence-corrected chi connectivity index (χ2v) is 23.9. The van der Waals surface area contributed by atoms with Crippen molar-refractivity contribution in [2.45, 2.75) is 405 Å². The van der Waals surface area contributed by atoms with E-state index in [0.717, 1.165) is 38.5 Å². The summed E-state index contributed by atoms with van der Waals surface area (Å²) in [5, 5.41) is 23.2. The van der Waals surface area contributed by atoms with Gasteiger partial charge in [0.1, 0.15) is 0 Å². The van der Waals surface area contributed by atoms with Gasteiger partial charge in [0.05, 0.1) is 25.4 Å². The zero-order chi connectivity index (χ0) is 54.3. The lowest BCUT2D eigenvalue weighted by molar-refractivity contribution is -0.143. The Labute approximate surface area is 469 Å². The Bertz CT molecular complexity index is 1130. The number of carbonyl (C=O) groups excluding carboxylic acids is 2. The van der Waals surface area contributed by atoms with Gasteiger partial charge in [-0.05, 0) is 32.1 Å². The van der Waals surface area contributed by atoms with Crippen LogP contribution in [0.25, 0.3) is 0 Å². The van der Waals surface area contributed by atoms with Crippen LogP contribution in [0.4, 0.5) is 0 Å². The fourth-order valence-electron chi connectivity index (χ4n) is 11.1. The van der Waals surface area contributed by atoms with Crippen LogP contribution in [-0.2, 0) is 14.3 Å². The molecule has 1 amide bonds. The molecule has 0 aliphatic carbocycles. The molecule has 0 aliphatic rings. The minimum atomic E-state index is -0.841. The van der Waals surface area contributed by atoms with Gasteiger partial charge in [-0.1, -0.05) is 360 Å². The molecule has 6 nitrogen and oxygen atoms in total. The molecule has 0 bridgehead atoms. The van der Waals surface area contributed by atoms with Crippen LogP contribution in [0.5, 0.6) is 0 Å². The smallest absolute Gasteiger partial charge is 0.305 e. The average Bonchev–Trinajstić information content (AvgIpc) is 3.41. The van der Waals surface area contributed by atoms with E-state index >= 15 is 0 Å². The molecule has 0 heterocycles. The molecule has 3 N–H and O–H groups in total. The highest BCUT2D eigenvalue weighted by molar-refractivity contribution is 5.76. The van der Waals surface area contributed by atoms with Crippen LogP contribution in [0.3, 0.4) is 0 Å². The zero-order valence-electron chi connectivity index (χ0n) is 51.1. The SMILES string of the molecule is CCCCCCCCCCCCCCCC/C=C/C(O)C(CO)NC(=O)CCCCCCCCCCCCCCCCCCCCCCCCCCCCCCCOC(=O)CCCCCCCCCCCCCCC. The second kappa shape index (κ2) is 65.1. The van der Waals surface area contributed by atoms with E-state index in [9.17, 15) is 19.8 Å². The number of allylic oxidation sites excluding steroid dienone is 1. The third-order valence-corrected chi connectivity index (χ3v) is 16.3. The topological polar surface area (TPSA) is 95.9 Å². The number of aliphatic hydroxyl groups excluding tert-OH is 2. The van der Waals surface area contributed by atoms with Crippen LogP contribution >= 0.6 is 0 Å². The van der Waals surface area contributed by atoms with Crippen LogP contribution in [0.2, 0.25) is 0 Å². The molecular weight excluding hydrogens is 923 g/mol. The van der Waals surface area contributed by atoms with E-state index in [4.69, 9.17) is 4.74 Å². The maximum absolute atomic E-state index is 12.5. The van der Waals surface area contributed by atoms with Gasteiger partial charge in [0.25, 0.3) is 0 Å². The van der Waals surface area contributed by atoms with E-state index in [1.54, 1.807) is 6.08 Å². The lowest BCUT2D eigenvalue weighted by atomic mass is 10.0. The molecule has 0 aromatic heterocycles. The lowest BCUT2D eigenvalue weighted by Crippen LogP contribution is -2.45. The van der Waals surface area contributed by atoms with Gasteiger partial charge >= 0.3 is 5.97 Å². The Morgan fingerprint density at radius 2 is 0.613 bits per heavy atom.